The molecule has 1 aromatic carbocycles. The van der Waals surface area contributed by atoms with Gasteiger partial charge in [-0.1, -0.05) is 24.3 Å². The van der Waals surface area contributed by atoms with Crippen LogP contribution >= 0.6 is 0 Å². The summed E-state index contributed by atoms with van der Waals surface area (Å²) in [5.41, 5.74) is 1.28. The van der Waals surface area contributed by atoms with Crippen LogP contribution in [0.15, 0.2) is 36.4 Å². The van der Waals surface area contributed by atoms with Gasteiger partial charge in [0.1, 0.15) is 11.7 Å². The molecule has 0 aliphatic carbocycles. The summed E-state index contributed by atoms with van der Waals surface area (Å²) in [7, 11) is 1.67. The Hall–Kier alpha value is -2.38. The minimum atomic E-state index is -0.963. The van der Waals surface area contributed by atoms with Gasteiger partial charge >= 0.3 is 5.97 Å². The fraction of sp³-hybridized carbons (Fsp3) is 0.545. The van der Waals surface area contributed by atoms with Crippen LogP contribution in [0.4, 0.5) is 0 Å². The van der Waals surface area contributed by atoms with Crippen LogP contribution < -0.4 is 10.1 Å². The van der Waals surface area contributed by atoms with E-state index in [0.717, 1.165) is 44.6 Å². The first kappa shape index (κ1) is 19.9. The normalized spacial score (nSPS) is 29.1. The number of likely N-dealkylation sites (tertiary alicyclic amines) is 1. The van der Waals surface area contributed by atoms with Crippen molar-refractivity contribution in [1.82, 2.24) is 10.2 Å². The maximum absolute atomic E-state index is 12.8. The highest BCUT2D eigenvalue weighted by molar-refractivity contribution is 5.87. The number of aliphatic carboxylic acids is 1. The Morgan fingerprint density at radius 3 is 2.41 bits per heavy atom. The standard InChI is InChI=1S/C22H28N2O5/c1-28-16-4-2-14(3-5-16)8-11-24-12-9-15(10-13-24)23-21(25)19-17-6-7-18(29-17)20(19)22(26)27/h2-7,15,17-20H,8-13H2,1H3,(H,23,25)(H,26,27). The van der Waals surface area contributed by atoms with Crippen molar-refractivity contribution < 1.29 is 24.2 Å². The number of hydrogen-bond donors (Lipinski definition) is 2. The molecule has 3 heterocycles. The Morgan fingerprint density at radius 2 is 1.79 bits per heavy atom. The van der Waals surface area contributed by atoms with Crippen molar-refractivity contribution in [1.29, 1.82) is 0 Å². The minimum absolute atomic E-state index is 0.0947. The van der Waals surface area contributed by atoms with Crippen molar-refractivity contribution in [3.8, 4) is 5.75 Å². The first-order valence-corrected chi connectivity index (χ1v) is 10.3. The number of carbonyl (C=O) groups is 2. The van der Waals surface area contributed by atoms with Crippen molar-refractivity contribution in [3.05, 3.63) is 42.0 Å². The van der Waals surface area contributed by atoms with Gasteiger partial charge in [0.05, 0.1) is 25.2 Å². The smallest absolute Gasteiger partial charge is 0.310 e. The summed E-state index contributed by atoms with van der Waals surface area (Å²) in [6.07, 6.45) is 5.42. The Labute approximate surface area is 170 Å². The van der Waals surface area contributed by atoms with Crippen LogP contribution in [0.3, 0.4) is 0 Å². The molecule has 0 radical (unpaired) electrons. The number of amides is 1. The topological polar surface area (TPSA) is 88.1 Å². The Morgan fingerprint density at radius 1 is 1.14 bits per heavy atom. The molecule has 0 aromatic heterocycles. The van der Waals surface area contributed by atoms with Crippen LogP contribution in [0.25, 0.3) is 0 Å². The van der Waals surface area contributed by atoms with E-state index in [1.54, 1.807) is 13.2 Å². The van der Waals surface area contributed by atoms with E-state index in [0.29, 0.717) is 0 Å². The van der Waals surface area contributed by atoms with E-state index < -0.39 is 30.0 Å². The first-order chi connectivity index (χ1) is 14.0. The lowest BCUT2D eigenvalue weighted by molar-refractivity contribution is -0.146. The van der Waals surface area contributed by atoms with Crippen molar-refractivity contribution in [2.75, 3.05) is 26.7 Å². The third kappa shape index (κ3) is 4.31. The van der Waals surface area contributed by atoms with E-state index in [2.05, 4.69) is 22.3 Å². The van der Waals surface area contributed by atoms with Crippen LogP contribution in [-0.4, -0.2) is 66.9 Å². The second kappa shape index (κ2) is 8.55. The molecule has 29 heavy (non-hydrogen) atoms. The number of fused-ring (bicyclic) bond motifs is 2. The number of nitrogens with zero attached hydrogens (tertiary/aromatic N) is 1. The zero-order chi connectivity index (χ0) is 20.4. The third-order valence-electron chi connectivity index (χ3n) is 6.30. The predicted octanol–water partition coefficient (Wildman–Crippen LogP) is 1.47. The summed E-state index contributed by atoms with van der Waals surface area (Å²) >= 11 is 0. The second-order valence-corrected chi connectivity index (χ2v) is 8.06. The SMILES string of the molecule is COc1ccc(CCN2CCC(NC(=O)C3C4C=CC(O4)C3C(=O)O)CC2)cc1. The number of piperidine rings is 1. The number of ether oxygens (including phenoxy) is 2. The molecule has 4 unspecified atom stereocenters. The van der Waals surface area contributed by atoms with Gasteiger partial charge < -0.3 is 24.8 Å². The predicted molar refractivity (Wildman–Crippen MR) is 107 cm³/mol. The Kier molecular flexibility index (Phi) is 5.87. The minimum Gasteiger partial charge on any atom is -0.497 e. The molecule has 7 nitrogen and oxygen atoms in total. The van der Waals surface area contributed by atoms with Gasteiger partial charge in [0.25, 0.3) is 0 Å². The molecule has 2 fully saturated rings. The lowest BCUT2D eigenvalue weighted by Gasteiger charge is -2.33. The quantitative estimate of drug-likeness (QED) is 0.674. The van der Waals surface area contributed by atoms with Crippen molar-refractivity contribution in [3.63, 3.8) is 0 Å². The summed E-state index contributed by atoms with van der Waals surface area (Å²) in [4.78, 5) is 26.7. The maximum atomic E-state index is 12.8. The second-order valence-electron chi connectivity index (χ2n) is 8.06. The van der Waals surface area contributed by atoms with Crippen LogP contribution in [-0.2, 0) is 20.7 Å². The third-order valence-corrected chi connectivity index (χ3v) is 6.30. The van der Waals surface area contributed by atoms with Gasteiger partial charge in [-0.05, 0) is 37.0 Å². The van der Waals surface area contributed by atoms with Crippen LogP contribution in [0.2, 0.25) is 0 Å². The molecule has 2 bridgehead atoms. The molecule has 4 rings (SSSR count). The monoisotopic (exact) mass is 400 g/mol. The maximum Gasteiger partial charge on any atom is 0.310 e. The highest BCUT2D eigenvalue weighted by Crippen LogP contribution is 2.39. The van der Waals surface area contributed by atoms with Gasteiger partial charge in [-0.3, -0.25) is 9.59 Å². The van der Waals surface area contributed by atoms with Gasteiger partial charge in [-0.2, -0.15) is 0 Å². The molecular formula is C22H28N2O5. The van der Waals surface area contributed by atoms with Gasteiger partial charge in [-0.25, -0.2) is 0 Å². The zero-order valence-electron chi connectivity index (χ0n) is 16.6. The van der Waals surface area contributed by atoms with E-state index in [4.69, 9.17) is 9.47 Å². The number of carbonyl (C=O) groups excluding carboxylic acids is 1. The van der Waals surface area contributed by atoms with Gasteiger partial charge in [-0.15, -0.1) is 0 Å². The molecule has 3 aliphatic heterocycles. The highest BCUT2D eigenvalue weighted by Gasteiger charge is 2.53. The molecule has 7 heteroatoms. The van der Waals surface area contributed by atoms with Crippen molar-refractivity contribution >= 4 is 11.9 Å². The summed E-state index contributed by atoms with van der Waals surface area (Å²) in [5, 5.41) is 12.6. The average Bonchev–Trinajstić information content (AvgIpc) is 3.35. The number of benzene rings is 1. The van der Waals surface area contributed by atoms with E-state index in [1.807, 2.05) is 18.2 Å². The number of carboxylic acid groups (broad SMARTS) is 1. The number of rotatable bonds is 7. The first-order valence-electron chi connectivity index (χ1n) is 10.3. The summed E-state index contributed by atoms with van der Waals surface area (Å²) < 4.78 is 10.8. The molecule has 156 valence electrons. The number of carboxylic acids is 1. The lowest BCUT2D eigenvalue weighted by atomic mass is 9.82. The van der Waals surface area contributed by atoms with Crippen molar-refractivity contribution in [2.45, 2.75) is 37.5 Å². The van der Waals surface area contributed by atoms with Crippen LogP contribution in [0.1, 0.15) is 18.4 Å². The molecule has 0 spiro atoms. The molecule has 4 atom stereocenters. The van der Waals surface area contributed by atoms with Gasteiger partial charge in [0, 0.05) is 25.7 Å². The van der Waals surface area contributed by atoms with E-state index >= 15 is 0 Å². The van der Waals surface area contributed by atoms with Crippen molar-refractivity contribution in [2.24, 2.45) is 11.8 Å². The molecule has 1 aromatic rings. The van der Waals surface area contributed by atoms with Gasteiger partial charge in [0.2, 0.25) is 5.91 Å². The summed E-state index contributed by atoms with van der Waals surface area (Å²) in [6.45, 7) is 2.84. The van der Waals surface area contributed by atoms with Crippen LogP contribution in [0, 0.1) is 11.8 Å². The fourth-order valence-electron chi connectivity index (χ4n) is 4.59. The molecule has 1 amide bonds. The summed E-state index contributed by atoms with van der Waals surface area (Å²) in [5.74, 6) is -1.70. The molecule has 2 N–H and O–H groups in total. The molecule has 3 aliphatic rings. The Balaban J connectivity index is 1.23. The summed E-state index contributed by atoms with van der Waals surface area (Å²) in [6, 6.07) is 8.25. The largest absolute Gasteiger partial charge is 0.497 e. The highest BCUT2D eigenvalue weighted by atomic mass is 16.5. The average molecular weight is 400 g/mol. The number of methoxy groups -OCH3 is 1. The van der Waals surface area contributed by atoms with E-state index in [9.17, 15) is 14.7 Å². The van der Waals surface area contributed by atoms with Gasteiger partial charge in [0.15, 0.2) is 0 Å². The van der Waals surface area contributed by atoms with Crippen LogP contribution in [0.5, 0.6) is 5.75 Å². The number of hydrogen-bond acceptors (Lipinski definition) is 5. The molecule has 0 saturated carbocycles. The lowest BCUT2D eigenvalue weighted by Crippen LogP contribution is -2.49. The Bertz CT molecular complexity index is 770. The number of nitrogens with one attached hydrogen (secondary N) is 1. The van der Waals surface area contributed by atoms with E-state index in [-0.39, 0.29) is 11.9 Å². The zero-order valence-corrected chi connectivity index (χ0v) is 16.6. The molecular weight excluding hydrogens is 372 g/mol. The fourth-order valence-corrected chi connectivity index (χ4v) is 4.59. The van der Waals surface area contributed by atoms with E-state index in [1.165, 1.54) is 5.56 Å². The molecule has 2 saturated heterocycles.